The molecule has 2 atom stereocenters. The number of fused-ring (bicyclic) bond motifs is 1. The lowest BCUT2D eigenvalue weighted by Gasteiger charge is -2.22. The first-order chi connectivity index (χ1) is 9.41. The van der Waals surface area contributed by atoms with Crippen LogP contribution in [0.3, 0.4) is 0 Å². The molecular weight excluding hydrogens is 296 g/mol. The standard InChI is InChI=1S/C13H22N2O3S2/c1-4-9(5-2)12(16)14-13-15(6-3)10-7-20(17,18)8-11(10)19-13/h9-11H,4-8H2,1-3H3. The second-order valence-electron chi connectivity index (χ2n) is 5.33. The summed E-state index contributed by atoms with van der Waals surface area (Å²) >= 11 is 1.46. The first-order valence-corrected chi connectivity index (χ1v) is 9.88. The summed E-state index contributed by atoms with van der Waals surface area (Å²) < 4.78 is 23.4. The molecule has 2 unspecified atom stereocenters. The van der Waals surface area contributed by atoms with Crippen molar-refractivity contribution in [2.75, 3.05) is 18.1 Å². The summed E-state index contributed by atoms with van der Waals surface area (Å²) in [7, 11) is -2.93. The maximum atomic E-state index is 12.1. The van der Waals surface area contributed by atoms with Crippen LogP contribution in [-0.4, -0.2) is 53.7 Å². The van der Waals surface area contributed by atoms with Crippen LogP contribution in [0.5, 0.6) is 0 Å². The zero-order valence-corrected chi connectivity index (χ0v) is 13.8. The van der Waals surface area contributed by atoms with Crippen LogP contribution in [0.15, 0.2) is 4.99 Å². The topological polar surface area (TPSA) is 66.8 Å². The zero-order valence-electron chi connectivity index (χ0n) is 12.2. The molecule has 0 aliphatic carbocycles. The minimum Gasteiger partial charge on any atom is -0.346 e. The molecule has 2 aliphatic rings. The van der Waals surface area contributed by atoms with Gasteiger partial charge in [-0.1, -0.05) is 25.6 Å². The zero-order chi connectivity index (χ0) is 14.9. The SMILES string of the molecule is CCC(CC)C(=O)N=C1SC2CS(=O)(=O)CC2N1CC. The van der Waals surface area contributed by atoms with Crippen LogP contribution < -0.4 is 0 Å². The number of amides is 1. The predicted octanol–water partition coefficient (Wildman–Crippen LogP) is 1.54. The lowest BCUT2D eigenvalue weighted by atomic mass is 10.0. The predicted molar refractivity (Wildman–Crippen MR) is 82.7 cm³/mol. The van der Waals surface area contributed by atoms with E-state index in [1.165, 1.54) is 11.8 Å². The molecule has 2 rings (SSSR count). The Kier molecular flexibility index (Phi) is 4.79. The van der Waals surface area contributed by atoms with Crippen molar-refractivity contribution in [1.82, 2.24) is 4.90 Å². The summed E-state index contributed by atoms with van der Waals surface area (Å²) in [4.78, 5) is 18.4. The van der Waals surface area contributed by atoms with Crippen LogP contribution in [0.1, 0.15) is 33.6 Å². The molecule has 0 aromatic carbocycles. The Morgan fingerprint density at radius 2 is 2.00 bits per heavy atom. The molecule has 114 valence electrons. The molecule has 7 heteroatoms. The van der Waals surface area contributed by atoms with E-state index in [1.807, 2.05) is 25.7 Å². The highest BCUT2D eigenvalue weighted by Crippen LogP contribution is 2.38. The fourth-order valence-corrected chi connectivity index (χ4v) is 6.85. The van der Waals surface area contributed by atoms with Crippen molar-refractivity contribution in [2.45, 2.75) is 44.9 Å². The number of amidine groups is 1. The van der Waals surface area contributed by atoms with Gasteiger partial charge >= 0.3 is 0 Å². The fourth-order valence-electron chi connectivity index (χ4n) is 2.83. The van der Waals surface area contributed by atoms with Gasteiger partial charge < -0.3 is 4.90 Å². The largest absolute Gasteiger partial charge is 0.346 e. The average Bonchev–Trinajstić information content (AvgIpc) is 2.81. The van der Waals surface area contributed by atoms with E-state index >= 15 is 0 Å². The van der Waals surface area contributed by atoms with Crippen molar-refractivity contribution in [3.05, 3.63) is 0 Å². The highest BCUT2D eigenvalue weighted by molar-refractivity contribution is 8.15. The number of hydrogen-bond donors (Lipinski definition) is 0. The van der Waals surface area contributed by atoms with Crippen LogP contribution in [0.2, 0.25) is 0 Å². The summed E-state index contributed by atoms with van der Waals surface area (Å²) in [6.07, 6.45) is 1.59. The van der Waals surface area contributed by atoms with Crippen molar-refractivity contribution in [2.24, 2.45) is 10.9 Å². The second kappa shape index (κ2) is 6.05. The van der Waals surface area contributed by atoms with Gasteiger partial charge in [0.15, 0.2) is 15.0 Å². The fraction of sp³-hybridized carbons (Fsp3) is 0.846. The van der Waals surface area contributed by atoms with Crippen molar-refractivity contribution in [3.8, 4) is 0 Å². The quantitative estimate of drug-likeness (QED) is 0.786. The smallest absolute Gasteiger partial charge is 0.251 e. The van der Waals surface area contributed by atoms with Crippen LogP contribution in [0.25, 0.3) is 0 Å². The summed E-state index contributed by atoms with van der Waals surface area (Å²) in [6.45, 7) is 6.66. The monoisotopic (exact) mass is 318 g/mol. The Balaban J connectivity index is 2.17. The first-order valence-electron chi connectivity index (χ1n) is 7.18. The van der Waals surface area contributed by atoms with E-state index in [-0.39, 0.29) is 34.6 Å². The highest BCUT2D eigenvalue weighted by Gasteiger charge is 2.48. The molecule has 0 aromatic rings. The van der Waals surface area contributed by atoms with E-state index in [0.29, 0.717) is 11.7 Å². The van der Waals surface area contributed by atoms with Gasteiger partial charge in [-0.25, -0.2) is 8.42 Å². The van der Waals surface area contributed by atoms with E-state index in [0.717, 1.165) is 12.8 Å². The third-order valence-electron chi connectivity index (χ3n) is 4.06. The molecule has 0 spiro atoms. The maximum absolute atomic E-state index is 12.1. The third-order valence-corrected chi connectivity index (χ3v) is 7.30. The molecular formula is C13H22N2O3S2. The highest BCUT2D eigenvalue weighted by atomic mass is 32.2. The van der Waals surface area contributed by atoms with Gasteiger partial charge in [-0.15, -0.1) is 0 Å². The molecule has 0 radical (unpaired) electrons. The number of carbonyl (C=O) groups is 1. The molecule has 5 nitrogen and oxygen atoms in total. The molecule has 20 heavy (non-hydrogen) atoms. The first kappa shape index (κ1) is 15.8. The van der Waals surface area contributed by atoms with Crippen LogP contribution in [-0.2, 0) is 14.6 Å². The van der Waals surface area contributed by atoms with Crippen molar-refractivity contribution in [1.29, 1.82) is 0 Å². The van der Waals surface area contributed by atoms with Gasteiger partial charge in [-0.05, 0) is 19.8 Å². The number of nitrogens with zero attached hydrogens (tertiary/aromatic N) is 2. The number of carbonyl (C=O) groups excluding carboxylic acids is 1. The van der Waals surface area contributed by atoms with Gasteiger partial charge in [0.25, 0.3) is 5.91 Å². The molecule has 0 bridgehead atoms. The molecule has 2 heterocycles. The number of rotatable bonds is 4. The Morgan fingerprint density at radius 3 is 2.55 bits per heavy atom. The van der Waals surface area contributed by atoms with E-state index in [9.17, 15) is 13.2 Å². The van der Waals surface area contributed by atoms with E-state index in [2.05, 4.69) is 4.99 Å². The Bertz CT molecular complexity index is 512. The number of sulfone groups is 1. The van der Waals surface area contributed by atoms with E-state index < -0.39 is 9.84 Å². The summed E-state index contributed by atoms with van der Waals surface area (Å²) in [5.41, 5.74) is 0. The average molecular weight is 318 g/mol. The van der Waals surface area contributed by atoms with Crippen molar-refractivity contribution in [3.63, 3.8) is 0 Å². The molecule has 2 fully saturated rings. The number of aliphatic imine (C=N–C) groups is 1. The van der Waals surface area contributed by atoms with Crippen molar-refractivity contribution < 1.29 is 13.2 Å². The molecule has 1 amide bonds. The van der Waals surface area contributed by atoms with Gasteiger partial charge in [0, 0.05) is 17.7 Å². The lowest BCUT2D eigenvalue weighted by molar-refractivity contribution is -0.121. The molecule has 0 N–H and O–H groups in total. The van der Waals surface area contributed by atoms with Gasteiger partial charge in [0.2, 0.25) is 0 Å². The van der Waals surface area contributed by atoms with Gasteiger partial charge in [0.1, 0.15) is 0 Å². The third kappa shape index (κ3) is 3.03. The minimum absolute atomic E-state index is 0.0109. The van der Waals surface area contributed by atoms with Crippen LogP contribution in [0, 0.1) is 5.92 Å². The maximum Gasteiger partial charge on any atom is 0.251 e. The van der Waals surface area contributed by atoms with Gasteiger partial charge in [-0.2, -0.15) is 4.99 Å². The van der Waals surface area contributed by atoms with E-state index in [4.69, 9.17) is 0 Å². The summed E-state index contributed by atoms with van der Waals surface area (Å²) in [5, 5.41) is 0.752. The van der Waals surface area contributed by atoms with Crippen LogP contribution in [0.4, 0.5) is 0 Å². The van der Waals surface area contributed by atoms with E-state index in [1.54, 1.807) is 0 Å². The Morgan fingerprint density at radius 1 is 1.35 bits per heavy atom. The minimum atomic E-state index is -2.93. The van der Waals surface area contributed by atoms with Crippen molar-refractivity contribution >= 4 is 32.7 Å². The second-order valence-corrected chi connectivity index (χ2v) is 8.69. The normalized spacial score (nSPS) is 30.2. The lowest BCUT2D eigenvalue weighted by Crippen LogP contribution is -2.37. The molecule has 2 saturated heterocycles. The number of hydrogen-bond acceptors (Lipinski definition) is 4. The number of thioether (sulfide) groups is 1. The molecule has 2 aliphatic heterocycles. The van der Waals surface area contributed by atoms with Crippen LogP contribution >= 0.6 is 11.8 Å². The molecule has 0 aromatic heterocycles. The van der Waals surface area contributed by atoms with Gasteiger partial charge in [-0.3, -0.25) is 4.79 Å². The van der Waals surface area contributed by atoms with Gasteiger partial charge in [0.05, 0.1) is 17.5 Å². The Labute approximate surface area is 125 Å². The molecule has 0 saturated carbocycles. The Hall–Kier alpha value is -0.560. The summed E-state index contributed by atoms with van der Waals surface area (Å²) in [6, 6.07) is -0.0109. The summed E-state index contributed by atoms with van der Waals surface area (Å²) in [5.74, 6) is 0.304.